The van der Waals surface area contributed by atoms with Crippen LogP contribution in [0.5, 0.6) is 0 Å². The maximum atomic E-state index is 13.0. The Balaban J connectivity index is 0.000000355. The van der Waals surface area contributed by atoms with E-state index in [9.17, 15) is 45.1 Å². The van der Waals surface area contributed by atoms with Crippen molar-refractivity contribution in [2.75, 3.05) is 157 Å². The molecule has 3 heterocycles. The summed E-state index contributed by atoms with van der Waals surface area (Å²) in [6.07, 6.45) is -3.09. The number of rotatable bonds is 38. The van der Waals surface area contributed by atoms with Gasteiger partial charge in [0.05, 0.1) is 91.4 Å². The van der Waals surface area contributed by atoms with Gasteiger partial charge in [0.25, 0.3) is 11.8 Å². The lowest BCUT2D eigenvalue weighted by molar-refractivity contribution is -0.146. The Labute approximate surface area is 640 Å². The SMILES string of the molecule is CN1Cc2c(Cl)cc(Cl)cc2C(c2ccc(S(=O)(=O)CCCOCCOCCN)cc2)C1.CN1Cc2c(Cl)cc(Cl)cc2C(c2ccc(S(=O)(=O)CCCOCCOCCNC(=O)[C@H](O)[C@@H](O)C(=O)NCCOCCOCCCS(=O)(=O)c3ccc(C4CN(C)Cc5c(Cl)cc(Cl)cc54)cc3)cc2)C1. The van der Waals surface area contributed by atoms with Gasteiger partial charge in [0, 0.05) is 127 Å². The van der Waals surface area contributed by atoms with E-state index in [1.54, 1.807) is 54.6 Å². The summed E-state index contributed by atoms with van der Waals surface area (Å²) in [5.74, 6) is -2.04. The van der Waals surface area contributed by atoms with E-state index in [4.69, 9.17) is 104 Å². The molecular formula is C73H92Cl6N6O16S3. The molecule has 0 radical (unpaired) electrons. The molecule has 9 rings (SSSR count). The molecule has 104 heavy (non-hydrogen) atoms. The van der Waals surface area contributed by atoms with Gasteiger partial charge in [-0.05, 0) is 163 Å². The number of hydrogen-bond donors (Lipinski definition) is 5. The smallest absolute Gasteiger partial charge is 0.252 e. The number of carbonyl (C=O) groups is 2. The summed E-state index contributed by atoms with van der Waals surface area (Å²) in [6, 6.07) is 32.1. The monoisotopic (exact) mass is 1610 g/mol. The fraction of sp³-hybridized carbons (Fsp3) is 0.479. The van der Waals surface area contributed by atoms with Gasteiger partial charge in [-0.3, -0.25) is 9.59 Å². The maximum absolute atomic E-state index is 13.0. The highest BCUT2D eigenvalue weighted by Crippen LogP contribution is 2.42. The van der Waals surface area contributed by atoms with Crippen molar-refractivity contribution in [2.24, 2.45) is 5.73 Å². The summed E-state index contributed by atoms with van der Waals surface area (Å²) in [5, 5.41) is 28.7. The van der Waals surface area contributed by atoms with Crippen molar-refractivity contribution in [1.29, 1.82) is 0 Å². The highest BCUT2D eigenvalue weighted by atomic mass is 35.5. The van der Waals surface area contributed by atoms with Crippen LogP contribution in [0.3, 0.4) is 0 Å². The van der Waals surface area contributed by atoms with Crippen LogP contribution in [0.2, 0.25) is 30.1 Å². The third-order valence-electron chi connectivity index (χ3n) is 17.8. The molecular weight excluding hydrogens is 1530 g/mol. The first-order valence-corrected chi connectivity index (χ1v) is 41.4. The quantitative estimate of drug-likeness (QED) is 0.0226. The average molecular weight is 1620 g/mol. The van der Waals surface area contributed by atoms with Crippen LogP contribution in [0.25, 0.3) is 0 Å². The average Bonchev–Trinajstić information content (AvgIpc) is 0.786. The van der Waals surface area contributed by atoms with Gasteiger partial charge in [0.1, 0.15) is 0 Å². The number of amides is 2. The number of nitrogens with one attached hydrogen (secondary N) is 2. The number of likely N-dealkylation sites (N-methyl/N-ethyl adjacent to an activating group) is 3. The van der Waals surface area contributed by atoms with Crippen molar-refractivity contribution in [1.82, 2.24) is 25.3 Å². The summed E-state index contributed by atoms with van der Waals surface area (Å²) < 4.78 is 110. The first-order chi connectivity index (χ1) is 49.7. The number of aliphatic hydroxyl groups is 2. The van der Waals surface area contributed by atoms with Crippen molar-refractivity contribution >= 4 is 111 Å². The molecule has 0 bridgehead atoms. The summed E-state index contributed by atoms with van der Waals surface area (Å²) in [4.78, 5) is 31.9. The van der Waals surface area contributed by atoms with Crippen LogP contribution in [0, 0.1) is 0 Å². The number of hydrogen-bond acceptors (Lipinski definition) is 20. The molecule has 0 fully saturated rings. The summed E-state index contributed by atoms with van der Waals surface area (Å²) in [6.45, 7) is 7.81. The molecule has 0 saturated heterocycles. The highest BCUT2D eigenvalue weighted by molar-refractivity contribution is 7.92. The summed E-state index contributed by atoms with van der Waals surface area (Å²) >= 11 is 38.3. The predicted molar refractivity (Wildman–Crippen MR) is 405 cm³/mol. The lowest BCUT2D eigenvalue weighted by Gasteiger charge is -2.33. The van der Waals surface area contributed by atoms with Gasteiger partial charge in [-0.1, -0.05) is 106 Å². The lowest BCUT2D eigenvalue weighted by Crippen LogP contribution is -2.50. The zero-order valence-electron chi connectivity index (χ0n) is 58.4. The van der Waals surface area contributed by atoms with Crippen LogP contribution >= 0.6 is 69.6 Å². The Hall–Kier alpha value is -4.63. The van der Waals surface area contributed by atoms with Gasteiger partial charge in [-0.2, -0.15) is 0 Å². The van der Waals surface area contributed by atoms with Crippen LogP contribution in [0.1, 0.15) is 87.1 Å². The normalized spacial score (nSPS) is 17.1. The van der Waals surface area contributed by atoms with Gasteiger partial charge >= 0.3 is 0 Å². The second-order valence-corrected chi connectivity index (χ2v) is 34.6. The Bertz CT molecular complexity index is 3970. The Kier molecular flexibility index (Phi) is 33.7. The minimum atomic E-state index is -3.55. The van der Waals surface area contributed by atoms with E-state index in [1.165, 1.54) is 0 Å². The third-order valence-corrected chi connectivity index (χ3v) is 24.9. The first-order valence-electron chi connectivity index (χ1n) is 34.2. The molecule has 6 N–H and O–H groups in total. The number of halogens is 6. The second-order valence-electron chi connectivity index (χ2n) is 25.8. The molecule has 2 amide bonds. The van der Waals surface area contributed by atoms with E-state index in [-0.39, 0.29) is 124 Å². The van der Waals surface area contributed by atoms with E-state index in [0.29, 0.717) is 87.5 Å². The van der Waals surface area contributed by atoms with Crippen molar-refractivity contribution < 1.29 is 73.5 Å². The third kappa shape index (κ3) is 25.0. The first kappa shape index (κ1) is 85.0. The fourth-order valence-electron chi connectivity index (χ4n) is 12.6. The molecule has 5 atom stereocenters. The van der Waals surface area contributed by atoms with Crippen LogP contribution < -0.4 is 16.4 Å². The molecule has 3 aliphatic rings. The van der Waals surface area contributed by atoms with Gasteiger partial charge in [-0.15, -0.1) is 0 Å². The topological polar surface area (TPSA) is 292 Å². The molecule has 0 saturated carbocycles. The van der Waals surface area contributed by atoms with Crippen LogP contribution in [0.15, 0.2) is 124 Å². The van der Waals surface area contributed by atoms with Gasteiger partial charge in [-0.25, -0.2) is 25.3 Å². The predicted octanol–water partition coefficient (Wildman–Crippen LogP) is 9.23. The number of aliphatic hydroxyl groups excluding tert-OH is 2. The van der Waals surface area contributed by atoms with Crippen LogP contribution in [-0.2, 0) is 87.2 Å². The molecule has 0 spiro atoms. The minimum absolute atomic E-state index is 0.00666. The molecule has 0 aliphatic carbocycles. The molecule has 22 nitrogen and oxygen atoms in total. The summed E-state index contributed by atoms with van der Waals surface area (Å²) in [7, 11) is -4.40. The Morgan fingerprint density at radius 1 is 0.423 bits per heavy atom. The van der Waals surface area contributed by atoms with E-state index in [1.807, 2.05) is 75.7 Å². The molecule has 3 aliphatic heterocycles. The number of nitrogens with zero attached hydrogens (tertiary/aromatic N) is 3. The van der Waals surface area contributed by atoms with Crippen LogP contribution in [-0.4, -0.2) is 231 Å². The van der Waals surface area contributed by atoms with E-state index in [0.717, 1.165) is 76.3 Å². The molecule has 6 aromatic rings. The minimum Gasteiger partial charge on any atom is -0.380 e. The number of nitrogens with two attached hydrogens (primary N) is 1. The van der Waals surface area contributed by atoms with Crippen molar-refractivity contribution in [3.63, 3.8) is 0 Å². The number of benzene rings is 6. The Morgan fingerprint density at radius 2 is 0.683 bits per heavy atom. The molecule has 0 aromatic heterocycles. The van der Waals surface area contributed by atoms with Crippen LogP contribution in [0.4, 0.5) is 0 Å². The van der Waals surface area contributed by atoms with Crippen molar-refractivity contribution in [3.8, 4) is 0 Å². The summed E-state index contributed by atoms with van der Waals surface area (Å²) in [5.41, 5.74) is 14.6. The number of fused-ring (bicyclic) bond motifs is 3. The fourth-order valence-corrected chi connectivity index (χ4v) is 18.1. The zero-order valence-corrected chi connectivity index (χ0v) is 65.4. The number of sulfone groups is 3. The second kappa shape index (κ2) is 41.2. The van der Waals surface area contributed by atoms with E-state index >= 15 is 0 Å². The Morgan fingerprint density at radius 3 is 0.952 bits per heavy atom. The van der Waals surface area contributed by atoms with Gasteiger partial charge in [0.2, 0.25) is 0 Å². The van der Waals surface area contributed by atoms with Crippen molar-refractivity contribution in [2.45, 2.75) is 83.5 Å². The highest BCUT2D eigenvalue weighted by Gasteiger charge is 2.33. The molecule has 6 aromatic carbocycles. The number of carbonyl (C=O) groups excluding carboxylic acids is 2. The maximum Gasteiger partial charge on any atom is 0.252 e. The zero-order chi connectivity index (χ0) is 75.1. The molecule has 3 unspecified atom stereocenters. The standard InChI is InChI=1S/C50H62Cl4N4O12S2.C23H30Cl2N2O4S/c1-57-29-41(39-25-35(51)27-45(53)43(39)31-57)33-5-9-37(10-6-33)71(63,64)23-3-15-67-19-21-69-17-13-55-49(61)47(59)48(60)50(62)56-14-18-70-22-20-68-16-4-24-72(65,66)38-11-7-34(8-12-38)42-30-58(2)32-44-40(42)26-36(52)28-46(44)54;1-27-15-21(20-13-18(24)14-23(25)22(20)16-27)17-3-5-19(6-4-17)32(28,29)12-2-8-30-10-11-31-9-7-26/h5-12,25-28,41-42,47-48,59-60H,3-4,13-24,29-32H2,1-2H3,(H,55,61)(H,56,62);3-6,13-14,21H,2,7-12,15-16,26H2,1H3/t41?,42?,47-,48-;/m1./s1. The van der Waals surface area contributed by atoms with E-state index in [2.05, 4.69) is 25.3 Å². The lowest BCUT2D eigenvalue weighted by atomic mass is 9.85. The number of ether oxygens (including phenoxy) is 6. The van der Waals surface area contributed by atoms with Gasteiger partial charge in [0.15, 0.2) is 41.7 Å². The van der Waals surface area contributed by atoms with Gasteiger partial charge < -0.3 is 69.7 Å². The van der Waals surface area contributed by atoms with E-state index < -0.39 is 53.5 Å². The molecule has 31 heteroatoms. The van der Waals surface area contributed by atoms with Crippen molar-refractivity contribution in [3.05, 3.63) is 189 Å². The largest absolute Gasteiger partial charge is 0.380 e. The molecule has 570 valence electrons.